The number of hydrogen-bond acceptors (Lipinski definition) is 2. The van der Waals surface area contributed by atoms with Crippen LogP contribution in [0, 0.1) is 12.3 Å². The van der Waals surface area contributed by atoms with E-state index < -0.39 is 0 Å². The topological polar surface area (TPSA) is 21.3 Å². The third-order valence-electron chi connectivity index (χ3n) is 3.38. The largest absolute Gasteiger partial charge is 0.382 e. The molecule has 96 valence electrons. The Morgan fingerprint density at radius 2 is 2.39 bits per heavy atom. The zero-order valence-corrected chi connectivity index (χ0v) is 11.0. The van der Waals surface area contributed by atoms with E-state index in [1.165, 1.54) is 6.42 Å². The minimum absolute atomic E-state index is 0.414. The van der Waals surface area contributed by atoms with Crippen molar-refractivity contribution in [1.82, 2.24) is 0 Å². The van der Waals surface area contributed by atoms with Crippen LogP contribution < -0.4 is 5.32 Å². The van der Waals surface area contributed by atoms with Crippen LogP contribution >= 0.6 is 0 Å². The summed E-state index contributed by atoms with van der Waals surface area (Å²) in [6.45, 7) is 3.06. The molecule has 1 N–H and O–H groups in total. The van der Waals surface area contributed by atoms with Crippen LogP contribution in [0.25, 0.3) is 0 Å². The van der Waals surface area contributed by atoms with E-state index >= 15 is 0 Å². The Bertz CT molecular complexity index is 419. The highest BCUT2D eigenvalue weighted by atomic mass is 16.5. The van der Waals surface area contributed by atoms with Gasteiger partial charge in [-0.1, -0.05) is 25.3 Å². The van der Waals surface area contributed by atoms with Crippen molar-refractivity contribution in [2.24, 2.45) is 0 Å². The van der Waals surface area contributed by atoms with Crippen LogP contribution in [-0.2, 0) is 4.74 Å². The lowest BCUT2D eigenvalue weighted by atomic mass is 9.99. The first kappa shape index (κ1) is 13.0. The molecule has 1 aromatic rings. The van der Waals surface area contributed by atoms with Gasteiger partial charge >= 0.3 is 0 Å². The van der Waals surface area contributed by atoms with Crippen LogP contribution in [0.15, 0.2) is 24.3 Å². The molecule has 1 aromatic carbocycles. The van der Waals surface area contributed by atoms with Gasteiger partial charge in [0.2, 0.25) is 0 Å². The third-order valence-corrected chi connectivity index (χ3v) is 3.38. The lowest BCUT2D eigenvalue weighted by molar-refractivity contribution is 0.00598. The molecule has 1 aliphatic rings. The van der Waals surface area contributed by atoms with Crippen LogP contribution in [0.4, 0.5) is 5.69 Å². The summed E-state index contributed by atoms with van der Waals surface area (Å²) in [6.07, 6.45) is 10.3. The van der Waals surface area contributed by atoms with Gasteiger partial charge in [0.1, 0.15) is 0 Å². The van der Waals surface area contributed by atoms with Crippen molar-refractivity contribution >= 4 is 5.69 Å². The smallest absolute Gasteiger partial charge is 0.0594 e. The lowest BCUT2D eigenvalue weighted by Crippen LogP contribution is -2.33. The SMILES string of the molecule is C#Cc1cccc(NC2CCOC(CCC)C2)c1. The summed E-state index contributed by atoms with van der Waals surface area (Å²) >= 11 is 0. The van der Waals surface area contributed by atoms with Gasteiger partial charge in [-0.3, -0.25) is 0 Å². The fourth-order valence-corrected chi connectivity index (χ4v) is 2.47. The molecular weight excluding hydrogens is 222 g/mol. The summed E-state index contributed by atoms with van der Waals surface area (Å²) in [6, 6.07) is 8.56. The molecule has 1 aliphatic heterocycles. The average Bonchev–Trinajstić information content (AvgIpc) is 2.40. The maximum absolute atomic E-state index is 5.76. The molecule has 0 saturated carbocycles. The number of benzene rings is 1. The number of terminal acetylenes is 1. The van der Waals surface area contributed by atoms with E-state index in [0.717, 1.165) is 37.1 Å². The zero-order chi connectivity index (χ0) is 12.8. The van der Waals surface area contributed by atoms with Gasteiger partial charge in [-0.2, -0.15) is 0 Å². The van der Waals surface area contributed by atoms with Gasteiger partial charge in [0, 0.05) is 23.9 Å². The monoisotopic (exact) mass is 243 g/mol. The molecule has 18 heavy (non-hydrogen) atoms. The van der Waals surface area contributed by atoms with Gasteiger partial charge in [0.25, 0.3) is 0 Å². The summed E-state index contributed by atoms with van der Waals surface area (Å²) in [7, 11) is 0. The molecule has 0 spiro atoms. The Hall–Kier alpha value is -1.46. The van der Waals surface area contributed by atoms with Crippen molar-refractivity contribution in [1.29, 1.82) is 0 Å². The standard InChI is InChI=1S/C16H21NO/c1-3-6-16-12-15(9-10-18-16)17-14-8-5-7-13(4-2)11-14/h2,5,7-8,11,15-17H,3,6,9-10,12H2,1H3. The van der Waals surface area contributed by atoms with E-state index in [4.69, 9.17) is 11.2 Å². The molecule has 0 amide bonds. The summed E-state index contributed by atoms with van der Waals surface area (Å²) in [5, 5.41) is 3.57. The number of nitrogens with one attached hydrogen (secondary N) is 1. The molecule has 0 aromatic heterocycles. The Morgan fingerprint density at radius 1 is 1.50 bits per heavy atom. The van der Waals surface area contributed by atoms with E-state index in [1.807, 2.05) is 18.2 Å². The van der Waals surface area contributed by atoms with E-state index in [0.29, 0.717) is 12.1 Å². The van der Waals surface area contributed by atoms with Gasteiger partial charge in [-0.15, -0.1) is 6.42 Å². The van der Waals surface area contributed by atoms with Crippen molar-refractivity contribution in [2.45, 2.75) is 44.8 Å². The van der Waals surface area contributed by atoms with E-state index in [2.05, 4.69) is 24.2 Å². The van der Waals surface area contributed by atoms with E-state index in [9.17, 15) is 0 Å². The van der Waals surface area contributed by atoms with Gasteiger partial charge in [-0.05, 0) is 37.5 Å². The minimum Gasteiger partial charge on any atom is -0.382 e. The quantitative estimate of drug-likeness (QED) is 0.818. The first-order valence-electron chi connectivity index (χ1n) is 6.76. The number of ether oxygens (including phenoxy) is 1. The van der Waals surface area contributed by atoms with Crippen molar-refractivity contribution in [3.8, 4) is 12.3 Å². The maximum atomic E-state index is 5.76. The molecule has 1 saturated heterocycles. The Balaban J connectivity index is 1.94. The van der Waals surface area contributed by atoms with Gasteiger partial charge < -0.3 is 10.1 Å². The van der Waals surface area contributed by atoms with E-state index in [1.54, 1.807) is 0 Å². The van der Waals surface area contributed by atoms with Crippen LogP contribution in [0.2, 0.25) is 0 Å². The Labute approximate surface area is 110 Å². The summed E-state index contributed by atoms with van der Waals surface area (Å²) in [5.74, 6) is 2.67. The van der Waals surface area contributed by atoms with Gasteiger partial charge in [0.15, 0.2) is 0 Å². The molecule has 2 atom stereocenters. The summed E-state index contributed by atoms with van der Waals surface area (Å²) in [5.41, 5.74) is 2.05. The number of hydrogen-bond donors (Lipinski definition) is 1. The predicted octanol–water partition coefficient (Wildman–Crippen LogP) is 3.43. The van der Waals surface area contributed by atoms with E-state index in [-0.39, 0.29) is 0 Å². The molecule has 2 rings (SSSR count). The molecule has 0 bridgehead atoms. The highest BCUT2D eigenvalue weighted by Gasteiger charge is 2.21. The van der Waals surface area contributed by atoms with Crippen molar-refractivity contribution in [3.05, 3.63) is 29.8 Å². The minimum atomic E-state index is 0.414. The lowest BCUT2D eigenvalue weighted by Gasteiger charge is -2.30. The second kappa shape index (κ2) is 6.47. The maximum Gasteiger partial charge on any atom is 0.0594 e. The molecular formula is C16H21NO. The Kier molecular flexibility index (Phi) is 4.66. The summed E-state index contributed by atoms with van der Waals surface area (Å²) < 4.78 is 5.76. The zero-order valence-electron chi connectivity index (χ0n) is 11.0. The number of rotatable bonds is 4. The van der Waals surface area contributed by atoms with Crippen molar-refractivity contribution < 1.29 is 4.74 Å². The Morgan fingerprint density at radius 3 is 3.17 bits per heavy atom. The predicted molar refractivity (Wildman–Crippen MR) is 75.7 cm³/mol. The second-order valence-corrected chi connectivity index (χ2v) is 4.87. The molecule has 2 unspecified atom stereocenters. The summed E-state index contributed by atoms with van der Waals surface area (Å²) in [4.78, 5) is 0. The average molecular weight is 243 g/mol. The third kappa shape index (κ3) is 3.51. The van der Waals surface area contributed by atoms with Gasteiger partial charge in [0.05, 0.1) is 6.10 Å². The van der Waals surface area contributed by atoms with Crippen LogP contribution in [0.5, 0.6) is 0 Å². The van der Waals surface area contributed by atoms with Gasteiger partial charge in [-0.25, -0.2) is 0 Å². The number of anilines is 1. The molecule has 0 aliphatic carbocycles. The molecule has 2 nitrogen and oxygen atoms in total. The fourth-order valence-electron chi connectivity index (χ4n) is 2.47. The fraction of sp³-hybridized carbons (Fsp3) is 0.500. The highest BCUT2D eigenvalue weighted by Crippen LogP contribution is 2.21. The first-order valence-corrected chi connectivity index (χ1v) is 6.76. The molecule has 1 heterocycles. The first-order chi connectivity index (χ1) is 8.81. The van der Waals surface area contributed by atoms with Crippen LogP contribution in [0.1, 0.15) is 38.2 Å². The second-order valence-electron chi connectivity index (χ2n) is 4.87. The molecule has 2 heteroatoms. The van der Waals surface area contributed by atoms with Crippen molar-refractivity contribution in [2.75, 3.05) is 11.9 Å². The molecule has 0 radical (unpaired) electrons. The normalized spacial score (nSPS) is 23.3. The highest BCUT2D eigenvalue weighted by molar-refractivity contribution is 5.50. The van der Waals surface area contributed by atoms with Crippen LogP contribution in [0.3, 0.4) is 0 Å². The van der Waals surface area contributed by atoms with Crippen LogP contribution in [-0.4, -0.2) is 18.8 Å². The van der Waals surface area contributed by atoms with Crippen molar-refractivity contribution in [3.63, 3.8) is 0 Å². The molecule has 1 fully saturated rings.